The Kier molecular flexibility index (Phi) is 9.08. The van der Waals surface area contributed by atoms with Crippen molar-refractivity contribution in [3.8, 4) is 0 Å². The Hall–Kier alpha value is -2.42. The average molecular weight is 473 g/mol. The maximum absolute atomic E-state index is 12.5. The van der Waals surface area contributed by atoms with Gasteiger partial charge in [-0.05, 0) is 56.4 Å². The van der Waals surface area contributed by atoms with E-state index in [1.165, 1.54) is 21.8 Å². The van der Waals surface area contributed by atoms with E-state index in [2.05, 4.69) is 36.2 Å². The summed E-state index contributed by atoms with van der Waals surface area (Å²) < 4.78 is 13.2. The van der Waals surface area contributed by atoms with Crippen LogP contribution in [0.2, 0.25) is 0 Å². The van der Waals surface area contributed by atoms with Gasteiger partial charge in [0.05, 0.1) is 29.0 Å². The topological polar surface area (TPSA) is 69.9 Å². The lowest BCUT2D eigenvalue weighted by molar-refractivity contribution is -0.118. The molecule has 0 saturated heterocycles. The second kappa shape index (κ2) is 12.0. The lowest BCUT2D eigenvalue weighted by Gasteiger charge is -2.05. The molecule has 1 aromatic heterocycles. The molecule has 0 atom stereocenters. The smallest absolute Gasteiger partial charge is 0.338 e. The molecule has 1 amide bonds. The van der Waals surface area contributed by atoms with Crippen LogP contribution in [0.3, 0.4) is 0 Å². The van der Waals surface area contributed by atoms with Crippen LogP contribution in [-0.4, -0.2) is 42.5 Å². The van der Waals surface area contributed by atoms with Gasteiger partial charge in [-0.2, -0.15) is 4.99 Å². The van der Waals surface area contributed by atoms with Crippen LogP contribution in [0.1, 0.15) is 35.7 Å². The van der Waals surface area contributed by atoms with E-state index in [1.807, 2.05) is 10.6 Å². The second-order valence-electron chi connectivity index (χ2n) is 7.20. The van der Waals surface area contributed by atoms with Crippen molar-refractivity contribution < 1.29 is 19.1 Å². The van der Waals surface area contributed by atoms with Crippen molar-refractivity contribution in [3.63, 3.8) is 0 Å². The molecule has 0 saturated carbocycles. The Morgan fingerprint density at radius 1 is 1.16 bits per heavy atom. The zero-order valence-corrected chi connectivity index (χ0v) is 20.3. The molecule has 170 valence electrons. The fourth-order valence-corrected chi connectivity index (χ4v) is 5.07. The van der Waals surface area contributed by atoms with Crippen molar-refractivity contribution in [1.82, 2.24) is 4.57 Å². The van der Waals surface area contributed by atoms with Gasteiger partial charge in [0, 0.05) is 25.0 Å². The molecule has 6 nitrogen and oxygen atoms in total. The van der Waals surface area contributed by atoms with Crippen LogP contribution >= 0.6 is 23.1 Å². The summed E-state index contributed by atoms with van der Waals surface area (Å²) in [6.07, 6.45) is 1.16. The quantitative estimate of drug-likeness (QED) is 0.240. The van der Waals surface area contributed by atoms with Gasteiger partial charge in [0.1, 0.15) is 0 Å². The number of methoxy groups -OCH3 is 1. The second-order valence-corrected chi connectivity index (χ2v) is 9.38. The number of esters is 1. The summed E-state index contributed by atoms with van der Waals surface area (Å²) in [5.74, 6) is 0.369. The molecule has 0 unspecified atom stereocenters. The van der Waals surface area contributed by atoms with Gasteiger partial charge in [-0.15, -0.1) is 11.8 Å². The Morgan fingerprint density at radius 2 is 1.94 bits per heavy atom. The fourth-order valence-electron chi connectivity index (χ4n) is 3.11. The number of carbonyl (C=O) groups excluding carboxylic acids is 2. The van der Waals surface area contributed by atoms with E-state index in [-0.39, 0.29) is 11.9 Å². The lowest BCUT2D eigenvalue weighted by Crippen LogP contribution is -2.19. The Bertz CT molecular complexity index is 1130. The van der Waals surface area contributed by atoms with Gasteiger partial charge in [0.15, 0.2) is 4.80 Å². The van der Waals surface area contributed by atoms with Crippen LogP contribution in [0.4, 0.5) is 0 Å². The minimum atomic E-state index is -0.355. The molecule has 0 aliphatic carbocycles. The normalized spacial score (nSPS) is 11.8. The lowest BCUT2D eigenvalue weighted by atomic mass is 10.2. The van der Waals surface area contributed by atoms with E-state index in [4.69, 9.17) is 9.47 Å². The van der Waals surface area contributed by atoms with Crippen molar-refractivity contribution in [3.05, 3.63) is 58.4 Å². The summed E-state index contributed by atoms with van der Waals surface area (Å²) in [4.78, 5) is 30.8. The van der Waals surface area contributed by atoms with E-state index in [0.717, 1.165) is 22.4 Å². The summed E-state index contributed by atoms with van der Waals surface area (Å²) in [6, 6.07) is 13.8. The van der Waals surface area contributed by atoms with Crippen LogP contribution in [-0.2, 0) is 20.8 Å². The number of aryl methyl sites for hydroxylation is 1. The summed E-state index contributed by atoms with van der Waals surface area (Å²) in [7, 11) is 1.64. The Labute approximate surface area is 196 Å². The van der Waals surface area contributed by atoms with Crippen LogP contribution in [0.15, 0.2) is 52.4 Å². The number of fused-ring (bicyclic) bond motifs is 1. The van der Waals surface area contributed by atoms with Gasteiger partial charge in [0.2, 0.25) is 5.91 Å². The molecule has 0 N–H and O–H groups in total. The van der Waals surface area contributed by atoms with Gasteiger partial charge in [-0.25, -0.2) is 4.79 Å². The summed E-state index contributed by atoms with van der Waals surface area (Å²) in [5.41, 5.74) is 2.65. The molecule has 0 radical (unpaired) electrons. The van der Waals surface area contributed by atoms with Crippen molar-refractivity contribution in [1.29, 1.82) is 0 Å². The van der Waals surface area contributed by atoms with Crippen molar-refractivity contribution in [2.75, 3.05) is 26.1 Å². The van der Waals surface area contributed by atoms with E-state index in [1.54, 1.807) is 37.9 Å². The van der Waals surface area contributed by atoms with E-state index >= 15 is 0 Å². The molecular weight excluding hydrogens is 444 g/mol. The fraction of sp³-hybridized carbons (Fsp3) is 0.375. The van der Waals surface area contributed by atoms with Crippen LogP contribution in [0.25, 0.3) is 10.2 Å². The minimum absolute atomic E-state index is 0.141. The van der Waals surface area contributed by atoms with Crippen LogP contribution in [0.5, 0.6) is 0 Å². The number of ether oxygens (including phenoxy) is 2. The van der Waals surface area contributed by atoms with Crippen LogP contribution < -0.4 is 4.80 Å². The van der Waals surface area contributed by atoms with E-state index in [0.29, 0.717) is 36.5 Å². The van der Waals surface area contributed by atoms with Crippen LogP contribution in [0, 0.1) is 6.92 Å². The summed E-state index contributed by atoms with van der Waals surface area (Å²) in [5, 5.41) is 0. The molecule has 0 bridgehead atoms. The number of aromatic nitrogens is 1. The van der Waals surface area contributed by atoms with E-state index < -0.39 is 0 Å². The van der Waals surface area contributed by atoms with E-state index in [9.17, 15) is 9.59 Å². The third-order valence-electron chi connectivity index (χ3n) is 4.76. The zero-order valence-electron chi connectivity index (χ0n) is 18.6. The molecule has 32 heavy (non-hydrogen) atoms. The highest BCUT2D eigenvalue weighted by atomic mass is 32.2. The first-order chi connectivity index (χ1) is 15.5. The maximum atomic E-state index is 12.5. The van der Waals surface area contributed by atoms with Gasteiger partial charge >= 0.3 is 5.97 Å². The predicted octanol–water partition coefficient (Wildman–Crippen LogP) is 4.83. The largest absolute Gasteiger partial charge is 0.462 e. The highest BCUT2D eigenvalue weighted by molar-refractivity contribution is 7.99. The first-order valence-electron chi connectivity index (χ1n) is 10.6. The zero-order chi connectivity index (χ0) is 22.9. The summed E-state index contributed by atoms with van der Waals surface area (Å²) >= 11 is 3.14. The highest BCUT2D eigenvalue weighted by Gasteiger charge is 2.12. The first-order valence-corrected chi connectivity index (χ1v) is 12.4. The van der Waals surface area contributed by atoms with Gasteiger partial charge in [-0.1, -0.05) is 29.0 Å². The number of hydrogen-bond donors (Lipinski definition) is 0. The number of thioether (sulfide) groups is 1. The van der Waals surface area contributed by atoms with Gasteiger partial charge < -0.3 is 14.0 Å². The molecule has 0 aliphatic heterocycles. The maximum Gasteiger partial charge on any atom is 0.338 e. The molecule has 1 heterocycles. The molecule has 0 aliphatic rings. The number of thiazole rings is 1. The SMILES string of the molecule is CCOC(=O)c1ccc2c(c1)sc(=NC(=O)CCCSc1ccc(C)cc1)n2CCOC. The van der Waals surface area contributed by atoms with Gasteiger partial charge in [0.25, 0.3) is 0 Å². The third-order valence-corrected chi connectivity index (χ3v) is 6.90. The number of nitrogens with zero attached hydrogens (tertiary/aromatic N) is 2. The number of rotatable bonds is 10. The molecule has 0 spiro atoms. The Morgan fingerprint density at radius 3 is 2.66 bits per heavy atom. The molecule has 8 heteroatoms. The summed E-state index contributed by atoms with van der Waals surface area (Å²) in [6.45, 7) is 5.25. The number of benzene rings is 2. The van der Waals surface area contributed by atoms with Crippen molar-refractivity contribution >= 4 is 45.2 Å². The third kappa shape index (κ3) is 6.54. The molecule has 3 aromatic rings. The average Bonchev–Trinajstić information content (AvgIpc) is 3.12. The minimum Gasteiger partial charge on any atom is -0.462 e. The first kappa shape index (κ1) is 24.2. The highest BCUT2D eigenvalue weighted by Crippen LogP contribution is 2.21. The Balaban J connectivity index is 1.73. The molecular formula is C24H28N2O4S2. The monoisotopic (exact) mass is 472 g/mol. The van der Waals surface area contributed by atoms with Gasteiger partial charge in [-0.3, -0.25) is 4.79 Å². The predicted molar refractivity (Wildman–Crippen MR) is 129 cm³/mol. The number of hydrogen-bond acceptors (Lipinski definition) is 6. The van der Waals surface area contributed by atoms with Crippen molar-refractivity contribution in [2.45, 2.75) is 38.1 Å². The number of carbonyl (C=O) groups is 2. The van der Waals surface area contributed by atoms with Crippen molar-refractivity contribution in [2.24, 2.45) is 4.99 Å². The molecule has 2 aromatic carbocycles. The molecule has 3 rings (SSSR count). The standard InChI is InChI=1S/C24H28N2O4S2/c1-4-30-23(28)18-9-12-20-21(16-18)32-24(26(20)13-14-29-3)25-22(27)6-5-15-31-19-10-7-17(2)8-11-19/h7-12,16H,4-6,13-15H2,1-3H3. The molecule has 0 fully saturated rings. The number of amides is 1.